The Bertz CT molecular complexity index is 381. The lowest BCUT2D eigenvalue weighted by Crippen LogP contribution is -2.30. The Balaban J connectivity index is 2.47. The molecule has 96 valence electrons. The van der Waals surface area contributed by atoms with Crippen LogP contribution < -0.4 is 5.32 Å². The van der Waals surface area contributed by atoms with Gasteiger partial charge in [-0.05, 0) is 40.5 Å². The van der Waals surface area contributed by atoms with Crippen LogP contribution in [0.15, 0.2) is 22.7 Å². The average Bonchev–Trinajstić information content (AvgIpc) is 2.17. The smallest absolute Gasteiger partial charge is 0.310 e. The van der Waals surface area contributed by atoms with Gasteiger partial charge in [-0.3, -0.25) is 0 Å². The molecular formula is C11H12BrClF3N. The summed E-state index contributed by atoms with van der Waals surface area (Å²) in [4.78, 5) is 0. The predicted molar refractivity (Wildman–Crippen MR) is 66.1 cm³/mol. The molecule has 0 amide bonds. The molecular weight excluding hydrogens is 318 g/mol. The largest absolute Gasteiger partial charge is 0.390 e. The Hall–Kier alpha value is -0.260. The molecule has 0 aliphatic heterocycles. The fourth-order valence-electron chi connectivity index (χ4n) is 1.36. The summed E-state index contributed by atoms with van der Waals surface area (Å²) in [5.74, 6) is 0. The topological polar surface area (TPSA) is 12.0 Å². The summed E-state index contributed by atoms with van der Waals surface area (Å²) in [6.07, 6.45) is -4.96. The molecule has 1 atom stereocenters. The van der Waals surface area contributed by atoms with Crippen LogP contribution in [0.5, 0.6) is 0 Å². The number of nitrogens with one attached hydrogen (secondary N) is 1. The minimum absolute atomic E-state index is 0.382. The number of halogens is 5. The summed E-state index contributed by atoms with van der Waals surface area (Å²) >= 11 is 9.08. The van der Waals surface area contributed by atoms with Crippen LogP contribution in [0, 0.1) is 0 Å². The molecule has 0 radical (unpaired) electrons. The van der Waals surface area contributed by atoms with E-state index in [1.165, 1.54) is 6.92 Å². The van der Waals surface area contributed by atoms with Gasteiger partial charge >= 0.3 is 6.18 Å². The molecule has 0 fully saturated rings. The van der Waals surface area contributed by atoms with E-state index in [9.17, 15) is 13.2 Å². The summed E-state index contributed by atoms with van der Waals surface area (Å²) in [5.41, 5.74) is 0.885. The lowest BCUT2D eigenvalue weighted by molar-refractivity contribution is -0.139. The van der Waals surface area contributed by atoms with Gasteiger partial charge in [0.1, 0.15) is 0 Å². The third kappa shape index (κ3) is 5.75. The van der Waals surface area contributed by atoms with E-state index in [0.717, 1.165) is 10.0 Å². The van der Waals surface area contributed by atoms with Crippen LogP contribution in [-0.2, 0) is 6.54 Å². The maximum atomic E-state index is 12.1. The molecule has 1 aromatic rings. The molecule has 0 saturated carbocycles. The number of benzene rings is 1. The fourth-order valence-corrected chi connectivity index (χ4v) is 1.90. The molecule has 17 heavy (non-hydrogen) atoms. The standard InChI is InChI=1S/C11H12BrClF3N/c1-7(5-11(14,15)16)17-6-8-2-3-10(13)9(12)4-8/h2-4,7,17H,5-6H2,1H3. The number of hydrogen-bond acceptors (Lipinski definition) is 1. The Labute approximate surface area is 111 Å². The van der Waals surface area contributed by atoms with Gasteiger partial charge in [-0.1, -0.05) is 17.7 Å². The summed E-state index contributed by atoms with van der Waals surface area (Å²) < 4.78 is 37.0. The first-order valence-corrected chi connectivity index (χ1v) is 6.19. The fraction of sp³-hybridized carbons (Fsp3) is 0.455. The van der Waals surface area contributed by atoms with Crippen molar-refractivity contribution in [3.8, 4) is 0 Å². The van der Waals surface area contributed by atoms with E-state index in [0.29, 0.717) is 11.6 Å². The van der Waals surface area contributed by atoms with E-state index in [4.69, 9.17) is 11.6 Å². The highest BCUT2D eigenvalue weighted by atomic mass is 79.9. The summed E-state index contributed by atoms with van der Waals surface area (Å²) in [5, 5.41) is 3.40. The van der Waals surface area contributed by atoms with Gasteiger partial charge in [0.2, 0.25) is 0 Å². The van der Waals surface area contributed by atoms with E-state index in [1.54, 1.807) is 18.2 Å². The van der Waals surface area contributed by atoms with Crippen LogP contribution in [0.1, 0.15) is 18.9 Å². The van der Waals surface area contributed by atoms with Gasteiger partial charge < -0.3 is 5.32 Å². The Kier molecular flexibility index (Phi) is 5.28. The highest BCUT2D eigenvalue weighted by Gasteiger charge is 2.29. The first-order chi connectivity index (χ1) is 7.78. The molecule has 0 aliphatic rings. The number of rotatable bonds is 4. The summed E-state index contributed by atoms with van der Waals surface area (Å²) in [6.45, 7) is 1.89. The second kappa shape index (κ2) is 6.07. The Morgan fingerprint density at radius 1 is 1.41 bits per heavy atom. The molecule has 0 saturated heterocycles. The first kappa shape index (κ1) is 14.8. The maximum absolute atomic E-state index is 12.1. The molecule has 0 bridgehead atoms. The van der Waals surface area contributed by atoms with Gasteiger partial charge in [0.15, 0.2) is 0 Å². The van der Waals surface area contributed by atoms with Gasteiger partial charge in [-0.25, -0.2) is 0 Å². The predicted octanol–water partition coefficient (Wildman–Crippen LogP) is 4.53. The van der Waals surface area contributed by atoms with Crippen LogP contribution in [0.2, 0.25) is 5.02 Å². The van der Waals surface area contributed by atoms with Crippen LogP contribution in [0.3, 0.4) is 0 Å². The minimum Gasteiger partial charge on any atom is -0.310 e. The zero-order chi connectivity index (χ0) is 13.1. The van der Waals surface area contributed by atoms with Crippen LogP contribution in [0.4, 0.5) is 13.2 Å². The average molecular weight is 331 g/mol. The number of hydrogen-bond donors (Lipinski definition) is 1. The highest BCUT2D eigenvalue weighted by molar-refractivity contribution is 9.10. The van der Waals surface area contributed by atoms with Crippen LogP contribution in [0.25, 0.3) is 0 Å². The molecule has 1 unspecified atom stereocenters. The van der Waals surface area contributed by atoms with E-state index >= 15 is 0 Å². The molecule has 0 heterocycles. The summed E-state index contributed by atoms with van der Waals surface area (Å²) in [6, 6.07) is 4.66. The van der Waals surface area contributed by atoms with Crippen molar-refractivity contribution in [1.29, 1.82) is 0 Å². The van der Waals surface area contributed by atoms with Crippen LogP contribution in [-0.4, -0.2) is 12.2 Å². The molecule has 1 rings (SSSR count). The number of alkyl halides is 3. The quantitative estimate of drug-likeness (QED) is 0.855. The van der Waals surface area contributed by atoms with Crippen molar-refractivity contribution in [2.24, 2.45) is 0 Å². The highest BCUT2D eigenvalue weighted by Crippen LogP contribution is 2.24. The Morgan fingerprint density at radius 2 is 2.06 bits per heavy atom. The third-order valence-corrected chi connectivity index (χ3v) is 3.39. The van der Waals surface area contributed by atoms with E-state index in [1.807, 2.05) is 0 Å². The second-order valence-electron chi connectivity index (χ2n) is 3.85. The van der Waals surface area contributed by atoms with Gasteiger partial charge in [0, 0.05) is 17.1 Å². The van der Waals surface area contributed by atoms with Gasteiger partial charge in [0.05, 0.1) is 11.4 Å². The zero-order valence-corrected chi connectivity index (χ0v) is 11.5. The monoisotopic (exact) mass is 329 g/mol. The molecule has 0 aromatic heterocycles. The summed E-state index contributed by atoms with van der Waals surface area (Å²) in [7, 11) is 0. The van der Waals surface area contributed by atoms with E-state index in [-0.39, 0.29) is 0 Å². The molecule has 0 spiro atoms. The van der Waals surface area contributed by atoms with Gasteiger partial charge in [-0.15, -0.1) is 0 Å². The van der Waals surface area contributed by atoms with Crippen molar-refractivity contribution in [1.82, 2.24) is 5.32 Å². The van der Waals surface area contributed by atoms with Gasteiger partial charge in [0.25, 0.3) is 0 Å². The van der Waals surface area contributed by atoms with Gasteiger partial charge in [-0.2, -0.15) is 13.2 Å². The molecule has 6 heteroatoms. The SMILES string of the molecule is CC(CC(F)(F)F)NCc1ccc(Cl)c(Br)c1. The Morgan fingerprint density at radius 3 is 2.59 bits per heavy atom. The van der Waals surface area contributed by atoms with Crippen molar-refractivity contribution in [2.45, 2.75) is 32.1 Å². The minimum atomic E-state index is -4.13. The molecule has 1 aromatic carbocycles. The van der Waals surface area contributed by atoms with Crippen molar-refractivity contribution < 1.29 is 13.2 Å². The normalized spacial score (nSPS) is 13.8. The van der Waals surface area contributed by atoms with Crippen molar-refractivity contribution in [2.75, 3.05) is 0 Å². The molecule has 1 N–H and O–H groups in total. The van der Waals surface area contributed by atoms with Crippen LogP contribution >= 0.6 is 27.5 Å². The molecule has 0 aliphatic carbocycles. The van der Waals surface area contributed by atoms with E-state index in [2.05, 4.69) is 21.2 Å². The second-order valence-corrected chi connectivity index (χ2v) is 5.11. The van der Waals surface area contributed by atoms with E-state index < -0.39 is 18.6 Å². The van der Waals surface area contributed by atoms with Crippen molar-refractivity contribution in [3.63, 3.8) is 0 Å². The zero-order valence-electron chi connectivity index (χ0n) is 9.11. The lowest BCUT2D eigenvalue weighted by atomic mass is 10.2. The van der Waals surface area contributed by atoms with Crippen molar-refractivity contribution >= 4 is 27.5 Å². The lowest BCUT2D eigenvalue weighted by Gasteiger charge is -2.16. The molecule has 1 nitrogen and oxygen atoms in total. The first-order valence-electron chi connectivity index (χ1n) is 5.02. The maximum Gasteiger partial charge on any atom is 0.390 e. The third-order valence-electron chi connectivity index (χ3n) is 2.18. The van der Waals surface area contributed by atoms with Crippen molar-refractivity contribution in [3.05, 3.63) is 33.3 Å².